The lowest BCUT2D eigenvalue weighted by molar-refractivity contribution is 0.112. The van der Waals surface area contributed by atoms with E-state index in [-0.39, 0.29) is 5.88 Å². The normalized spacial score (nSPS) is 10.6. The molecular formula is C16H9BrClNO2. The second-order valence-corrected chi connectivity index (χ2v) is 5.66. The quantitative estimate of drug-likeness (QED) is 0.597. The van der Waals surface area contributed by atoms with Crippen LogP contribution in [0.2, 0.25) is 5.02 Å². The zero-order valence-electron chi connectivity index (χ0n) is 10.7. The molecule has 0 saturated carbocycles. The van der Waals surface area contributed by atoms with Crippen LogP contribution in [0, 0.1) is 0 Å². The van der Waals surface area contributed by atoms with Crippen LogP contribution < -0.4 is 4.74 Å². The molecule has 0 saturated heterocycles. The topological polar surface area (TPSA) is 39.2 Å². The van der Waals surface area contributed by atoms with Gasteiger partial charge in [0.1, 0.15) is 5.75 Å². The third kappa shape index (κ3) is 2.91. The maximum absolute atomic E-state index is 11.2. The molecule has 0 amide bonds. The number of para-hydroxylation sites is 1. The molecule has 0 atom stereocenters. The van der Waals surface area contributed by atoms with Crippen LogP contribution in [0.3, 0.4) is 0 Å². The molecular weight excluding hydrogens is 354 g/mol. The fourth-order valence-corrected chi connectivity index (χ4v) is 2.71. The molecule has 1 heterocycles. The predicted octanol–water partition coefficient (Wildman–Crippen LogP) is 5.26. The van der Waals surface area contributed by atoms with Crippen LogP contribution in [0.15, 0.2) is 53.0 Å². The van der Waals surface area contributed by atoms with Crippen molar-refractivity contribution in [3.05, 3.63) is 63.6 Å². The van der Waals surface area contributed by atoms with Crippen molar-refractivity contribution < 1.29 is 9.53 Å². The van der Waals surface area contributed by atoms with E-state index in [9.17, 15) is 4.79 Å². The summed E-state index contributed by atoms with van der Waals surface area (Å²) in [7, 11) is 0. The van der Waals surface area contributed by atoms with Crippen molar-refractivity contribution in [3.63, 3.8) is 0 Å². The van der Waals surface area contributed by atoms with Gasteiger partial charge in [0.15, 0.2) is 6.29 Å². The van der Waals surface area contributed by atoms with Crippen molar-refractivity contribution in [2.75, 3.05) is 0 Å². The smallest absolute Gasteiger partial charge is 0.230 e. The molecule has 0 N–H and O–H groups in total. The number of pyridine rings is 1. The van der Waals surface area contributed by atoms with E-state index in [1.54, 1.807) is 24.3 Å². The number of fused-ring (bicyclic) bond motifs is 1. The minimum Gasteiger partial charge on any atom is -0.437 e. The van der Waals surface area contributed by atoms with E-state index in [2.05, 4.69) is 20.9 Å². The molecule has 0 unspecified atom stereocenters. The first-order valence-electron chi connectivity index (χ1n) is 6.15. The molecule has 3 rings (SSSR count). The van der Waals surface area contributed by atoms with Crippen LogP contribution in [0.4, 0.5) is 0 Å². The van der Waals surface area contributed by atoms with E-state index in [0.29, 0.717) is 20.8 Å². The Labute approximate surface area is 134 Å². The molecule has 0 aliphatic heterocycles. The molecule has 0 aliphatic rings. The Bertz CT molecular complexity index is 836. The van der Waals surface area contributed by atoms with Crippen LogP contribution in [0.25, 0.3) is 10.9 Å². The number of carbonyl (C=O) groups excluding carboxylic acids is 1. The number of carbonyl (C=O) groups is 1. The molecule has 0 spiro atoms. The molecule has 5 heteroatoms. The fourth-order valence-electron chi connectivity index (χ4n) is 1.94. The molecule has 2 aromatic carbocycles. The first-order valence-corrected chi connectivity index (χ1v) is 7.32. The van der Waals surface area contributed by atoms with E-state index in [1.165, 1.54) is 0 Å². The number of halogens is 2. The summed E-state index contributed by atoms with van der Waals surface area (Å²) in [4.78, 5) is 15.6. The second kappa shape index (κ2) is 5.84. The minimum atomic E-state index is 0.270. The van der Waals surface area contributed by atoms with Crippen molar-refractivity contribution in [2.24, 2.45) is 0 Å². The number of aromatic nitrogens is 1. The molecule has 0 fully saturated rings. The third-order valence-corrected chi connectivity index (χ3v) is 3.80. The molecule has 1 aromatic heterocycles. The Balaban J connectivity index is 2.08. The molecule has 21 heavy (non-hydrogen) atoms. The van der Waals surface area contributed by atoms with Gasteiger partial charge in [-0.05, 0) is 46.3 Å². The van der Waals surface area contributed by atoms with Crippen LogP contribution in [-0.4, -0.2) is 11.3 Å². The number of benzene rings is 2. The lowest BCUT2D eigenvalue weighted by Gasteiger charge is -2.10. The zero-order chi connectivity index (χ0) is 14.8. The summed E-state index contributed by atoms with van der Waals surface area (Å²) in [6.45, 7) is 0. The lowest BCUT2D eigenvalue weighted by atomic mass is 10.1. The van der Waals surface area contributed by atoms with Gasteiger partial charge in [0.05, 0.1) is 15.6 Å². The summed E-state index contributed by atoms with van der Waals surface area (Å²) >= 11 is 9.27. The lowest BCUT2D eigenvalue weighted by Crippen LogP contribution is -1.95. The van der Waals surface area contributed by atoms with Gasteiger partial charge in [0.2, 0.25) is 5.88 Å². The van der Waals surface area contributed by atoms with Crippen molar-refractivity contribution >= 4 is 44.7 Å². The van der Waals surface area contributed by atoms with E-state index in [1.807, 2.05) is 24.3 Å². The number of hydrogen-bond donors (Lipinski definition) is 0. The Kier molecular flexibility index (Phi) is 3.90. The number of hydrogen-bond acceptors (Lipinski definition) is 3. The van der Waals surface area contributed by atoms with E-state index in [4.69, 9.17) is 16.3 Å². The average molecular weight is 363 g/mol. The maximum atomic E-state index is 11.2. The molecule has 0 bridgehead atoms. The summed E-state index contributed by atoms with van der Waals surface area (Å²) in [5, 5.41) is 1.48. The van der Waals surface area contributed by atoms with E-state index < -0.39 is 0 Å². The van der Waals surface area contributed by atoms with Gasteiger partial charge in [-0.3, -0.25) is 4.79 Å². The Hall–Kier alpha value is -1.91. The minimum absolute atomic E-state index is 0.270. The monoisotopic (exact) mass is 361 g/mol. The summed E-state index contributed by atoms with van der Waals surface area (Å²) in [5.41, 5.74) is 1.17. The zero-order valence-corrected chi connectivity index (χ0v) is 13.1. The largest absolute Gasteiger partial charge is 0.437 e. The summed E-state index contributed by atoms with van der Waals surface area (Å²) in [6.07, 6.45) is 0.735. The first kappa shape index (κ1) is 14.0. The van der Waals surface area contributed by atoms with E-state index >= 15 is 0 Å². The number of aldehydes is 1. The predicted molar refractivity (Wildman–Crippen MR) is 86.4 cm³/mol. The maximum Gasteiger partial charge on any atom is 0.230 e. The van der Waals surface area contributed by atoms with Crippen LogP contribution in [0.1, 0.15) is 10.4 Å². The SMILES string of the molecule is O=Cc1cc2ccccc2nc1Oc1ccc(Cl)cc1Br. The Morgan fingerprint density at radius 3 is 2.71 bits per heavy atom. The van der Waals surface area contributed by atoms with E-state index in [0.717, 1.165) is 17.2 Å². The Morgan fingerprint density at radius 1 is 1.14 bits per heavy atom. The third-order valence-electron chi connectivity index (χ3n) is 2.94. The van der Waals surface area contributed by atoms with Crippen molar-refractivity contribution in [2.45, 2.75) is 0 Å². The van der Waals surface area contributed by atoms with Gasteiger partial charge in [-0.2, -0.15) is 0 Å². The van der Waals surface area contributed by atoms with Gasteiger partial charge in [-0.25, -0.2) is 4.98 Å². The van der Waals surface area contributed by atoms with Gasteiger partial charge in [-0.15, -0.1) is 0 Å². The Morgan fingerprint density at radius 2 is 1.95 bits per heavy atom. The highest BCUT2D eigenvalue weighted by Gasteiger charge is 2.11. The number of nitrogens with zero attached hydrogens (tertiary/aromatic N) is 1. The summed E-state index contributed by atoms with van der Waals surface area (Å²) in [5.74, 6) is 0.817. The van der Waals surface area contributed by atoms with Gasteiger partial charge in [0.25, 0.3) is 0 Å². The molecule has 104 valence electrons. The molecule has 0 radical (unpaired) electrons. The van der Waals surface area contributed by atoms with Gasteiger partial charge >= 0.3 is 0 Å². The highest BCUT2D eigenvalue weighted by atomic mass is 79.9. The highest BCUT2D eigenvalue weighted by Crippen LogP contribution is 2.33. The molecule has 3 nitrogen and oxygen atoms in total. The standard InChI is InChI=1S/C16H9BrClNO2/c17-13-8-12(18)5-6-15(13)21-16-11(9-20)7-10-3-1-2-4-14(10)19-16/h1-9H. The van der Waals surface area contributed by atoms with Gasteiger partial charge < -0.3 is 4.74 Å². The number of rotatable bonds is 3. The summed E-state index contributed by atoms with van der Waals surface area (Å²) < 4.78 is 6.44. The van der Waals surface area contributed by atoms with Crippen molar-refractivity contribution in [1.82, 2.24) is 4.98 Å². The number of ether oxygens (including phenoxy) is 1. The van der Waals surface area contributed by atoms with Crippen LogP contribution >= 0.6 is 27.5 Å². The molecule has 3 aromatic rings. The van der Waals surface area contributed by atoms with Crippen LogP contribution in [-0.2, 0) is 0 Å². The van der Waals surface area contributed by atoms with Crippen molar-refractivity contribution in [3.8, 4) is 11.6 Å². The van der Waals surface area contributed by atoms with Crippen LogP contribution in [0.5, 0.6) is 11.6 Å². The fraction of sp³-hybridized carbons (Fsp3) is 0. The van der Waals surface area contributed by atoms with Gasteiger partial charge in [-0.1, -0.05) is 29.8 Å². The first-order chi connectivity index (χ1) is 10.2. The average Bonchev–Trinajstić information content (AvgIpc) is 2.49. The highest BCUT2D eigenvalue weighted by molar-refractivity contribution is 9.10. The molecule has 0 aliphatic carbocycles. The van der Waals surface area contributed by atoms with Crippen molar-refractivity contribution in [1.29, 1.82) is 0 Å². The summed E-state index contributed by atoms with van der Waals surface area (Å²) in [6, 6.07) is 14.5. The second-order valence-electron chi connectivity index (χ2n) is 4.37. The van der Waals surface area contributed by atoms with Gasteiger partial charge in [0, 0.05) is 10.4 Å².